The van der Waals surface area contributed by atoms with E-state index in [2.05, 4.69) is 5.32 Å². The first-order valence-electron chi connectivity index (χ1n) is 6.54. The van der Waals surface area contributed by atoms with Gasteiger partial charge in [-0.3, -0.25) is 4.79 Å². The number of nitrogens with zero attached hydrogens (tertiary/aromatic N) is 1. The number of sulfonamides is 1. The largest absolute Gasteiger partial charge is 0.368 e. The fourth-order valence-corrected chi connectivity index (χ4v) is 3.93. The normalized spacial score (nSPS) is 20.7. The summed E-state index contributed by atoms with van der Waals surface area (Å²) in [5.74, 6) is -0.624. The molecule has 1 aliphatic heterocycles. The van der Waals surface area contributed by atoms with Gasteiger partial charge < -0.3 is 11.1 Å². The molecular weight excluding hydrogens is 278 g/mol. The molecule has 1 saturated heterocycles. The molecule has 110 valence electrons. The number of primary amides is 1. The van der Waals surface area contributed by atoms with Gasteiger partial charge in [0.15, 0.2) is 0 Å². The Morgan fingerprint density at radius 2 is 2.05 bits per heavy atom. The van der Waals surface area contributed by atoms with Crippen molar-refractivity contribution in [2.45, 2.75) is 12.5 Å². The molecule has 20 heavy (non-hydrogen) atoms. The van der Waals surface area contributed by atoms with Gasteiger partial charge in [-0.1, -0.05) is 30.3 Å². The van der Waals surface area contributed by atoms with Crippen LogP contribution in [0.2, 0.25) is 0 Å². The predicted molar refractivity (Wildman–Crippen MR) is 76.5 cm³/mol. The molecule has 0 aliphatic carbocycles. The number of aryl methyl sites for hydroxylation is 1. The topological polar surface area (TPSA) is 92.5 Å². The summed E-state index contributed by atoms with van der Waals surface area (Å²) in [5, 5.41) is 2.99. The molecule has 7 heteroatoms. The summed E-state index contributed by atoms with van der Waals surface area (Å²) >= 11 is 0. The average molecular weight is 297 g/mol. The molecule has 1 heterocycles. The molecule has 0 radical (unpaired) electrons. The van der Waals surface area contributed by atoms with Gasteiger partial charge in [0, 0.05) is 19.6 Å². The molecule has 6 nitrogen and oxygen atoms in total. The van der Waals surface area contributed by atoms with Crippen molar-refractivity contribution in [2.24, 2.45) is 5.73 Å². The van der Waals surface area contributed by atoms with Crippen LogP contribution in [0, 0.1) is 0 Å². The van der Waals surface area contributed by atoms with Crippen LogP contribution < -0.4 is 11.1 Å². The Bertz CT molecular complexity index is 559. The SMILES string of the molecule is NC(=O)C1CNCCN1S(=O)(=O)CCc1ccccc1. The van der Waals surface area contributed by atoms with E-state index < -0.39 is 22.0 Å². The fraction of sp³-hybridized carbons (Fsp3) is 0.462. The molecule has 2 rings (SSSR count). The van der Waals surface area contributed by atoms with E-state index in [-0.39, 0.29) is 18.8 Å². The Labute approximate surface area is 119 Å². The summed E-state index contributed by atoms with van der Waals surface area (Å²) in [7, 11) is -3.48. The molecular formula is C13H19N3O3S. The minimum atomic E-state index is -3.48. The number of hydrogen-bond donors (Lipinski definition) is 2. The zero-order valence-electron chi connectivity index (χ0n) is 11.2. The molecule has 1 atom stereocenters. The van der Waals surface area contributed by atoms with Crippen LogP contribution in [0.25, 0.3) is 0 Å². The fourth-order valence-electron chi connectivity index (χ4n) is 2.27. The maximum absolute atomic E-state index is 12.4. The summed E-state index contributed by atoms with van der Waals surface area (Å²) in [6.07, 6.45) is 0.429. The molecule has 1 amide bonds. The van der Waals surface area contributed by atoms with Gasteiger partial charge >= 0.3 is 0 Å². The molecule has 1 fully saturated rings. The molecule has 1 unspecified atom stereocenters. The summed E-state index contributed by atoms with van der Waals surface area (Å²) < 4.78 is 26.0. The van der Waals surface area contributed by atoms with E-state index in [1.165, 1.54) is 4.31 Å². The van der Waals surface area contributed by atoms with Crippen LogP contribution in [0.3, 0.4) is 0 Å². The van der Waals surface area contributed by atoms with Gasteiger partial charge in [0.25, 0.3) is 0 Å². The highest BCUT2D eigenvalue weighted by Crippen LogP contribution is 2.12. The van der Waals surface area contributed by atoms with E-state index in [1.54, 1.807) is 0 Å². The van der Waals surface area contributed by atoms with Crippen LogP contribution >= 0.6 is 0 Å². The van der Waals surface area contributed by atoms with Gasteiger partial charge in [-0.2, -0.15) is 4.31 Å². The molecule has 1 aromatic carbocycles. The zero-order valence-corrected chi connectivity index (χ0v) is 12.0. The van der Waals surface area contributed by atoms with E-state index in [4.69, 9.17) is 5.73 Å². The van der Waals surface area contributed by atoms with Crippen LogP contribution in [-0.2, 0) is 21.2 Å². The zero-order chi connectivity index (χ0) is 14.6. The minimum absolute atomic E-state index is 0.0131. The van der Waals surface area contributed by atoms with E-state index in [1.807, 2.05) is 30.3 Å². The Kier molecular flexibility index (Phi) is 4.74. The highest BCUT2D eigenvalue weighted by atomic mass is 32.2. The third-order valence-electron chi connectivity index (χ3n) is 3.37. The second-order valence-electron chi connectivity index (χ2n) is 4.78. The van der Waals surface area contributed by atoms with Crippen LogP contribution in [-0.4, -0.2) is 50.1 Å². The first-order valence-corrected chi connectivity index (χ1v) is 8.15. The number of hydrogen-bond acceptors (Lipinski definition) is 4. The lowest BCUT2D eigenvalue weighted by Gasteiger charge is -2.33. The Hall–Kier alpha value is -1.44. The lowest BCUT2D eigenvalue weighted by molar-refractivity contribution is -0.122. The van der Waals surface area contributed by atoms with Crippen molar-refractivity contribution in [3.05, 3.63) is 35.9 Å². The van der Waals surface area contributed by atoms with Crippen molar-refractivity contribution >= 4 is 15.9 Å². The molecule has 0 aromatic heterocycles. The Morgan fingerprint density at radius 1 is 1.35 bits per heavy atom. The number of amides is 1. The molecule has 1 aromatic rings. The van der Waals surface area contributed by atoms with Gasteiger partial charge in [0.1, 0.15) is 6.04 Å². The summed E-state index contributed by atoms with van der Waals surface area (Å²) in [6, 6.07) is 8.62. The summed E-state index contributed by atoms with van der Waals surface area (Å²) in [5.41, 5.74) is 6.24. The highest BCUT2D eigenvalue weighted by molar-refractivity contribution is 7.89. The first kappa shape index (κ1) is 15.0. The number of nitrogens with two attached hydrogens (primary N) is 1. The maximum atomic E-state index is 12.4. The summed E-state index contributed by atoms with van der Waals surface area (Å²) in [6.45, 7) is 1.10. The summed E-state index contributed by atoms with van der Waals surface area (Å²) in [4.78, 5) is 11.4. The van der Waals surface area contributed by atoms with Crippen LogP contribution in [0.5, 0.6) is 0 Å². The van der Waals surface area contributed by atoms with E-state index in [0.717, 1.165) is 5.56 Å². The molecule has 1 aliphatic rings. The molecule has 0 bridgehead atoms. The molecule has 0 saturated carbocycles. The third-order valence-corrected chi connectivity index (χ3v) is 5.24. The van der Waals surface area contributed by atoms with Gasteiger partial charge in [0.05, 0.1) is 5.75 Å². The van der Waals surface area contributed by atoms with Gasteiger partial charge in [0.2, 0.25) is 15.9 Å². The van der Waals surface area contributed by atoms with Crippen molar-refractivity contribution in [2.75, 3.05) is 25.4 Å². The van der Waals surface area contributed by atoms with Crippen molar-refractivity contribution in [3.8, 4) is 0 Å². The van der Waals surface area contributed by atoms with Crippen molar-refractivity contribution in [3.63, 3.8) is 0 Å². The van der Waals surface area contributed by atoms with Gasteiger partial charge in [-0.05, 0) is 12.0 Å². The second-order valence-corrected chi connectivity index (χ2v) is 6.83. The molecule has 3 N–H and O–H groups in total. The van der Waals surface area contributed by atoms with Crippen LogP contribution in [0.15, 0.2) is 30.3 Å². The quantitative estimate of drug-likeness (QED) is 0.753. The number of piperazine rings is 1. The number of carbonyl (C=O) groups excluding carboxylic acids is 1. The standard InChI is InChI=1S/C13H19N3O3S/c14-13(17)12-10-15-7-8-16(12)20(18,19)9-6-11-4-2-1-3-5-11/h1-5,12,15H,6-10H2,(H2,14,17). The number of benzene rings is 1. The lowest BCUT2D eigenvalue weighted by atomic mass is 10.2. The Morgan fingerprint density at radius 3 is 2.70 bits per heavy atom. The van der Waals surface area contributed by atoms with E-state index in [9.17, 15) is 13.2 Å². The highest BCUT2D eigenvalue weighted by Gasteiger charge is 2.35. The van der Waals surface area contributed by atoms with Crippen molar-refractivity contribution in [1.29, 1.82) is 0 Å². The predicted octanol–water partition coefficient (Wildman–Crippen LogP) is -0.682. The monoisotopic (exact) mass is 297 g/mol. The van der Waals surface area contributed by atoms with Crippen LogP contribution in [0.1, 0.15) is 5.56 Å². The van der Waals surface area contributed by atoms with Gasteiger partial charge in [-0.15, -0.1) is 0 Å². The number of carbonyl (C=O) groups is 1. The van der Waals surface area contributed by atoms with Crippen LogP contribution in [0.4, 0.5) is 0 Å². The van der Waals surface area contributed by atoms with Crippen molar-refractivity contribution < 1.29 is 13.2 Å². The lowest BCUT2D eigenvalue weighted by Crippen LogP contribution is -2.59. The van der Waals surface area contributed by atoms with E-state index >= 15 is 0 Å². The van der Waals surface area contributed by atoms with E-state index in [0.29, 0.717) is 13.0 Å². The third kappa shape index (κ3) is 3.56. The molecule has 0 spiro atoms. The van der Waals surface area contributed by atoms with Crippen molar-refractivity contribution in [1.82, 2.24) is 9.62 Å². The average Bonchev–Trinajstić information content (AvgIpc) is 2.46. The maximum Gasteiger partial charge on any atom is 0.237 e. The van der Waals surface area contributed by atoms with Gasteiger partial charge in [-0.25, -0.2) is 8.42 Å². The minimum Gasteiger partial charge on any atom is -0.368 e. The second kappa shape index (κ2) is 6.34. The number of rotatable bonds is 5. The first-order chi connectivity index (χ1) is 9.50. The smallest absolute Gasteiger partial charge is 0.237 e. The number of nitrogens with one attached hydrogen (secondary N) is 1. The Balaban J connectivity index is 2.06.